The average molecular weight is 248 g/mol. The number of carbonyl (C=O) groups is 3. The van der Waals surface area contributed by atoms with Gasteiger partial charge in [0.2, 0.25) is 0 Å². The van der Waals surface area contributed by atoms with Gasteiger partial charge in [0.25, 0.3) is 0 Å². The highest BCUT2D eigenvalue weighted by atomic mass is 16.6. The van der Waals surface area contributed by atoms with E-state index in [4.69, 9.17) is 10.2 Å². The van der Waals surface area contributed by atoms with Crippen molar-refractivity contribution in [2.75, 3.05) is 13.2 Å². The molecule has 0 aliphatic rings. The van der Waals surface area contributed by atoms with Crippen molar-refractivity contribution in [3.8, 4) is 0 Å². The van der Waals surface area contributed by atoms with Gasteiger partial charge in [-0.1, -0.05) is 0 Å². The van der Waals surface area contributed by atoms with Crippen molar-refractivity contribution < 1.29 is 34.1 Å². The van der Waals surface area contributed by atoms with E-state index in [1.54, 1.807) is 0 Å². The van der Waals surface area contributed by atoms with Crippen LogP contribution in [0.5, 0.6) is 0 Å². The zero-order valence-electron chi connectivity index (χ0n) is 9.55. The number of carboxylic acids is 1. The molecule has 1 atom stereocenters. The summed E-state index contributed by atoms with van der Waals surface area (Å²) >= 11 is 0. The van der Waals surface area contributed by atoms with Gasteiger partial charge < -0.3 is 19.7 Å². The molecular weight excluding hydrogens is 232 g/mol. The number of aliphatic hydroxyl groups excluding tert-OH is 1. The van der Waals surface area contributed by atoms with E-state index in [0.717, 1.165) is 0 Å². The maximum Gasteiger partial charge on any atom is 0.344 e. The molecule has 7 nitrogen and oxygen atoms in total. The second-order valence-corrected chi connectivity index (χ2v) is 3.35. The van der Waals surface area contributed by atoms with Gasteiger partial charge in [-0.25, -0.2) is 9.59 Å². The van der Waals surface area contributed by atoms with Crippen molar-refractivity contribution in [1.29, 1.82) is 0 Å². The fourth-order valence-corrected chi connectivity index (χ4v) is 0.857. The highest BCUT2D eigenvalue weighted by Crippen LogP contribution is 1.96. The maximum absolute atomic E-state index is 11.0. The van der Waals surface area contributed by atoms with E-state index in [-0.39, 0.29) is 13.0 Å². The Morgan fingerprint density at radius 2 is 1.82 bits per heavy atom. The molecule has 0 saturated carbocycles. The Balaban J connectivity index is 3.47. The molecule has 0 rings (SSSR count). The largest absolute Gasteiger partial charge is 0.481 e. The van der Waals surface area contributed by atoms with Gasteiger partial charge in [-0.15, -0.1) is 0 Å². The molecule has 0 bridgehead atoms. The second-order valence-electron chi connectivity index (χ2n) is 3.35. The van der Waals surface area contributed by atoms with Crippen LogP contribution in [-0.4, -0.2) is 47.4 Å². The van der Waals surface area contributed by atoms with Crippen LogP contribution >= 0.6 is 0 Å². The summed E-state index contributed by atoms with van der Waals surface area (Å²) in [5.74, 6) is -2.52. The first-order chi connectivity index (χ1) is 7.93. The predicted molar refractivity (Wildman–Crippen MR) is 55.1 cm³/mol. The molecule has 17 heavy (non-hydrogen) atoms. The summed E-state index contributed by atoms with van der Waals surface area (Å²) < 4.78 is 9.07. The van der Waals surface area contributed by atoms with Crippen molar-refractivity contribution in [3.63, 3.8) is 0 Å². The Hall–Kier alpha value is -1.63. The Morgan fingerprint density at radius 1 is 1.18 bits per heavy atom. The topological polar surface area (TPSA) is 110 Å². The molecule has 0 amide bonds. The lowest BCUT2D eigenvalue weighted by Crippen LogP contribution is -2.23. The minimum absolute atomic E-state index is 0.0224. The molecule has 0 aromatic heterocycles. The summed E-state index contributed by atoms with van der Waals surface area (Å²) in [5.41, 5.74) is 0. The minimum Gasteiger partial charge on any atom is -0.481 e. The van der Waals surface area contributed by atoms with Crippen molar-refractivity contribution in [2.45, 2.75) is 32.3 Å². The normalized spacial score (nSPS) is 11.6. The van der Waals surface area contributed by atoms with Gasteiger partial charge in [-0.3, -0.25) is 4.79 Å². The van der Waals surface area contributed by atoms with E-state index in [2.05, 4.69) is 9.47 Å². The Labute approximate surface area is 98.3 Å². The molecule has 0 radical (unpaired) electrons. The Bertz CT molecular complexity index is 272. The van der Waals surface area contributed by atoms with Crippen LogP contribution in [0.2, 0.25) is 0 Å². The van der Waals surface area contributed by atoms with Crippen LogP contribution in [-0.2, 0) is 23.9 Å². The number of hydrogen-bond donors (Lipinski definition) is 2. The van der Waals surface area contributed by atoms with Gasteiger partial charge in [0, 0.05) is 6.42 Å². The quantitative estimate of drug-likeness (QED) is 0.448. The van der Waals surface area contributed by atoms with Gasteiger partial charge in [0.15, 0.2) is 6.61 Å². The number of hydrogen-bond acceptors (Lipinski definition) is 6. The number of carbonyl (C=O) groups excluding carboxylic acids is 2. The zero-order chi connectivity index (χ0) is 13.3. The van der Waals surface area contributed by atoms with Gasteiger partial charge in [-0.2, -0.15) is 0 Å². The molecule has 1 unspecified atom stereocenters. The summed E-state index contributed by atoms with van der Waals surface area (Å²) in [7, 11) is 0. The number of aliphatic hydroxyl groups is 1. The third-order valence-corrected chi connectivity index (χ3v) is 1.72. The number of unbranched alkanes of at least 4 members (excludes halogenated alkanes) is 1. The molecule has 2 N–H and O–H groups in total. The third kappa shape index (κ3) is 9.31. The highest BCUT2D eigenvalue weighted by molar-refractivity contribution is 5.78. The van der Waals surface area contributed by atoms with Crippen molar-refractivity contribution in [2.24, 2.45) is 0 Å². The molecule has 0 aliphatic carbocycles. The molecular formula is C10H16O7. The number of carboxylic acid groups (broad SMARTS) is 1. The monoisotopic (exact) mass is 248 g/mol. The van der Waals surface area contributed by atoms with Crippen LogP contribution in [0.4, 0.5) is 0 Å². The van der Waals surface area contributed by atoms with Crippen LogP contribution in [0, 0.1) is 0 Å². The van der Waals surface area contributed by atoms with E-state index < -0.39 is 30.6 Å². The van der Waals surface area contributed by atoms with Gasteiger partial charge in [0.1, 0.15) is 6.10 Å². The fraction of sp³-hybridized carbons (Fsp3) is 0.700. The van der Waals surface area contributed by atoms with E-state index in [1.165, 1.54) is 6.92 Å². The summed E-state index contributed by atoms with van der Waals surface area (Å²) in [6.45, 7) is 0.751. The first-order valence-corrected chi connectivity index (χ1v) is 5.15. The minimum atomic E-state index is -1.28. The van der Waals surface area contributed by atoms with Crippen LogP contribution < -0.4 is 0 Å². The molecule has 7 heteroatoms. The maximum atomic E-state index is 11.0. The molecule has 0 fully saturated rings. The Morgan fingerprint density at radius 3 is 2.35 bits per heavy atom. The lowest BCUT2D eigenvalue weighted by atomic mass is 10.2. The third-order valence-electron chi connectivity index (χ3n) is 1.72. The number of ether oxygens (including phenoxy) is 2. The molecule has 98 valence electrons. The Kier molecular flexibility index (Phi) is 7.70. The molecule has 0 heterocycles. The van der Waals surface area contributed by atoms with E-state index in [9.17, 15) is 14.4 Å². The van der Waals surface area contributed by atoms with Crippen LogP contribution in [0.3, 0.4) is 0 Å². The van der Waals surface area contributed by atoms with Gasteiger partial charge >= 0.3 is 17.9 Å². The SMILES string of the molecule is CC(O)C(=O)OCC(=O)OCCCCC(=O)O. The van der Waals surface area contributed by atoms with Crippen LogP contribution in [0.25, 0.3) is 0 Å². The molecule has 0 aromatic rings. The van der Waals surface area contributed by atoms with Crippen molar-refractivity contribution in [3.05, 3.63) is 0 Å². The fourth-order valence-electron chi connectivity index (χ4n) is 0.857. The van der Waals surface area contributed by atoms with Crippen molar-refractivity contribution in [1.82, 2.24) is 0 Å². The van der Waals surface area contributed by atoms with Gasteiger partial charge in [-0.05, 0) is 19.8 Å². The number of aliphatic carboxylic acids is 1. The van der Waals surface area contributed by atoms with E-state index in [0.29, 0.717) is 12.8 Å². The van der Waals surface area contributed by atoms with E-state index >= 15 is 0 Å². The lowest BCUT2D eigenvalue weighted by Gasteiger charge is -2.06. The summed E-state index contributed by atoms with van der Waals surface area (Å²) in [6.07, 6.45) is -0.411. The van der Waals surface area contributed by atoms with E-state index in [1.807, 2.05) is 0 Å². The standard InChI is InChI=1S/C10H16O7/c1-7(11)10(15)17-6-9(14)16-5-3-2-4-8(12)13/h7,11H,2-6H2,1H3,(H,12,13). The molecule has 0 spiro atoms. The molecule has 0 aromatic carbocycles. The van der Waals surface area contributed by atoms with Crippen LogP contribution in [0.15, 0.2) is 0 Å². The smallest absolute Gasteiger partial charge is 0.344 e. The first-order valence-electron chi connectivity index (χ1n) is 5.15. The summed E-state index contributed by atoms with van der Waals surface area (Å²) in [5, 5.41) is 17.1. The number of rotatable bonds is 8. The number of esters is 2. The van der Waals surface area contributed by atoms with Crippen molar-refractivity contribution >= 4 is 17.9 Å². The van der Waals surface area contributed by atoms with Crippen LogP contribution in [0.1, 0.15) is 26.2 Å². The highest BCUT2D eigenvalue weighted by Gasteiger charge is 2.13. The predicted octanol–water partition coefficient (Wildman–Crippen LogP) is -0.292. The summed E-state index contributed by atoms with van der Waals surface area (Å²) in [4.78, 5) is 31.9. The zero-order valence-corrected chi connectivity index (χ0v) is 9.55. The average Bonchev–Trinajstić information content (AvgIpc) is 2.24. The summed E-state index contributed by atoms with van der Waals surface area (Å²) in [6, 6.07) is 0. The lowest BCUT2D eigenvalue weighted by molar-refractivity contribution is -0.163. The second kappa shape index (κ2) is 8.51. The first kappa shape index (κ1) is 15.4. The molecule has 0 saturated heterocycles. The van der Waals surface area contributed by atoms with Gasteiger partial charge in [0.05, 0.1) is 6.61 Å². The molecule has 0 aliphatic heterocycles.